The Hall–Kier alpha value is -1.56. The smallest absolute Gasteiger partial charge is 0.286 e. The lowest BCUT2D eigenvalue weighted by Gasteiger charge is -2.30. The van der Waals surface area contributed by atoms with Crippen LogP contribution in [0.15, 0.2) is 36.1 Å². The Kier molecular flexibility index (Phi) is 6.78. The number of ether oxygens (including phenoxy) is 2. The van der Waals surface area contributed by atoms with Gasteiger partial charge in [0.2, 0.25) is 6.29 Å². The number of nitrogens with one attached hydrogen (secondary N) is 1. The Morgan fingerprint density at radius 3 is 2.69 bits per heavy atom. The zero-order chi connectivity index (χ0) is 20.2. The Morgan fingerprint density at radius 2 is 2.00 bits per heavy atom. The summed E-state index contributed by atoms with van der Waals surface area (Å²) in [5, 5.41) is 12.9. The largest absolute Gasteiger partial charge is 0.459 e. The first-order valence-electron chi connectivity index (χ1n) is 10.8. The van der Waals surface area contributed by atoms with Gasteiger partial charge >= 0.3 is 0 Å². The van der Waals surface area contributed by atoms with E-state index in [4.69, 9.17) is 26.2 Å². The summed E-state index contributed by atoms with van der Waals surface area (Å²) in [6.45, 7) is 0.652. The van der Waals surface area contributed by atoms with Crippen LogP contribution in [0.2, 0.25) is 5.02 Å². The van der Waals surface area contributed by atoms with E-state index in [-0.39, 0.29) is 24.5 Å². The van der Waals surface area contributed by atoms with E-state index < -0.39 is 6.29 Å². The van der Waals surface area contributed by atoms with Gasteiger partial charge in [-0.25, -0.2) is 0 Å². The number of benzene rings is 1. The maximum atomic E-state index is 13.0. The van der Waals surface area contributed by atoms with Crippen LogP contribution >= 0.6 is 11.6 Å². The van der Waals surface area contributed by atoms with Gasteiger partial charge in [-0.3, -0.25) is 4.79 Å². The molecule has 2 aliphatic carbocycles. The van der Waals surface area contributed by atoms with E-state index in [1.54, 1.807) is 0 Å². The maximum Gasteiger partial charge on any atom is 0.286 e. The standard InChI is InChI=1S/C23H30ClNO4/c24-19-7-5-16(6-8-19)18-13-21(29-22(14-18)28-10-2-1-9-26)23(27)25-20-12-15-3-4-17(20)11-15/h5-8,13,15,17-18,20,22,26H,1-4,9-12,14H2,(H,25,27)/t15?,17?,18-,20?,22+/m0/s1. The zero-order valence-electron chi connectivity index (χ0n) is 16.7. The quantitative estimate of drug-likeness (QED) is 0.621. The van der Waals surface area contributed by atoms with Gasteiger partial charge in [-0.15, -0.1) is 0 Å². The Balaban J connectivity index is 1.44. The molecule has 1 heterocycles. The average Bonchev–Trinajstić information content (AvgIpc) is 3.35. The van der Waals surface area contributed by atoms with Crippen molar-refractivity contribution in [2.75, 3.05) is 13.2 Å². The number of aliphatic hydroxyl groups is 1. The van der Waals surface area contributed by atoms with E-state index in [1.807, 2.05) is 30.3 Å². The molecule has 0 saturated heterocycles. The van der Waals surface area contributed by atoms with Gasteiger partial charge in [-0.05, 0) is 67.7 Å². The van der Waals surface area contributed by atoms with Crippen LogP contribution in [0.3, 0.4) is 0 Å². The lowest BCUT2D eigenvalue weighted by atomic mass is 9.92. The molecule has 0 radical (unpaired) electrons. The van der Waals surface area contributed by atoms with Crippen molar-refractivity contribution >= 4 is 17.5 Å². The molecular formula is C23H30ClNO4. The van der Waals surface area contributed by atoms with Gasteiger partial charge in [-0.2, -0.15) is 0 Å². The van der Waals surface area contributed by atoms with E-state index in [0.717, 1.165) is 24.3 Å². The number of allylic oxidation sites excluding steroid dienone is 1. The van der Waals surface area contributed by atoms with Crippen molar-refractivity contribution in [1.29, 1.82) is 0 Å². The van der Waals surface area contributed by atoms with Gasteiger partial charge in [-0.1, -0.05) is 30.2 Å². The molecule has 5 atom stereocenters. The lowest BCUT2D eigenvalue weighted by Crippen LogP contribution is -2.41. The second kappa shape index (κ2) is 9.50. The number of aliphatic hydroxyl groups excluding tert-OH is 1. The summed E-state index contributed by atoms with van der Waals surface area (Å²) in [7, 11) is 0. The predicted molar refractivity (Wildman–Crippen MR) is 111 cm³/mol. The van der Waals surface area contributed by atoms with Crippen LogP contribution in [0.1, 0.15) is 56.4 Å². The fourth-order valence-electron chi connectivity index (χ4n) is 4.95. The van der Waals surface area contributed by atoms with Crippen LogP contribution in [0.5, 0.6) is 0 Å². The minimum absolute atomic E-state index is 0.0321. The van der Waals surface area contributed by atoms with E-state index in [0.29, 0.717) is 36.1 Å². The Labute approximate surface area is 177 Å². The lowest BCUT2D eigenvalue weighted by molar-refractivity contribution is -0.147. The zero-order valence-corrected chi connectivity index (χ0v) is 17.4. The summed E-state index contributed by atoms with van der Waals surface area (Å²) >= 11 is 6.03. The molecule has 5 nitrogen and oxygen atoms in total. The van der Waals surface area contributed by atoms with E-state index in [1.165, 1.54) is 19.3 Å². The summed E-state index contributed by atoms with van der Waals surface area (Å²) in [6.07, 6.45) is 8.41. The fraction of sp³-hybridized carbons (Fsp3) is 0.609. The molecule has 0 aromatic heterocycles. The highest BCUT2D eigenvalue weighted by molar-refractivity contribution is 6.30. The number of rotatable bonds is 8. The van der Waals surface area contributed by atoms with Crippen LogP contribution in [-0.2, 0) is 14.3 Å². The highest BCUT2D eigenvalue weighted by Gasteiger charge is 2.41. The number of hydrogen-bond acceptors (Lipinski definition) is 4. The first-order chi connectivity index (χ1) is 14.1. The van der Waals surface area contributed by atoms with Gasteiger partial charge in [0.05, 0.1) is 6.61 Å². The van der Waals surface area contributed by atoms with Crippen molar-refractivity contribution in [1.82, 2.24) is 5.32 Å². The first-order valence-corrected chi connectivity index (χ1v) is 11.2. The molecule has 158 valence electrons. The molecule has 2 fully saturated rings. The number of amides is 1. The molecule has 1 amide bonds. The minimum Gasteiger partial charge on any atom is -0.459 e. The van der Waals surface area contributed by atoms with Crippen LogP contribution in [0, 0.1) is 11.8 Å². The molecule has 2 saturated carbocycles. The summed E-state index contributed by atoms with van der Waals surface area (Å²) in [5.41, 5.74) is 1.09. The van der Waals surface area contributed by atoms with Gasteiger partial charge in [0.1, 0.15) is 0 Å². The molecule has 1 aromatic carbocycles. The molecule has 1 aliphatic heterocycles. The van der Waals surface area contributed by atoms with E-state index in [9.17, 15) is 4.79 Å². The van der Waals surface area contributed by atoms with E-state index >= 15 is 0 Å². The normalized spacial score (nSPS) is 30.7. The summed E-state index contributed by atoms with van der Waals surface area (Å²) in [6, 6.07) is 7.98. The topological polar surface area (TPSA) is 67.8 Å². The minimum atomic E-state index is -0.472. The van der Waals surface area contributed by atoms with Gasteiger partial charge in [0.15, 0.2) is 5.76 Å². The number of hydrogen-bond donors (Lipinski definition) is 2. The van der Waals surface area contributed by atoms with Crippen molar-refractivity contribution in [3.05, 3.63) is 46.7 Å². The SMILES string of the molecule is O=C(NC1CC2CCC1C2)C1=C[C@H](c2ccc(Cl)cc2)C[C@H](OCCCCO)O1. The number of halogens is 1. The van der Waals surface area contributed by atoms with Crippen LogP contribution < -0.4 is 5.32 Å². The van der Waals surface area contributed by atoms with Crippen molar-refractivity contribution in [3.8, 4) is 0 Å². The number of carbonyl (C=O) groups is 1. The maximum absolute atomic E-state index is 13.0. The highest BCUT2D eigenvalue weighted by atomic mass is 35.5. The second-order valence-electron chi connectivity index (χ2n) is 8.53. The third kappa shape index (κ3) is 5.14. The number of unbranched alkanes of at least 4 members (excludes halogenated alkanes) is 1. The van der Waals surface area contributed by atoms with Gasteiger partial charge in [0.25, 0.3) is 5.91 Å². The molecule has 2 N–H and O–H groups in total. The van der Waals surface area contributed by atoms with Crippen molar-refractivity contribution in [2.45, 2.75) is 63.2 Å². The first kappa shape index (κ1) is 20.7. The van der Waals surface area contributed by atoms with E-state index in [2.05, 4.69) is 5.32 Å². The molecule has 2 bridgehead atoms. The van der Waals surface area contributed by atoms with Crippen LogP contribution in [0.25, 0.3) is 0 Å². The number of fused-ring (bicyclic) bond motifs is 2. The fourth-order valence-corrected chi connectivity index (χ4v) is 5.08. The number of carbonyl (C=O) groups excluding carboxylic acids is 1. The van der Waals surface area contributed by atoms with Gasteiger partial charge in [0, 0.05) is 30.0 Å². The van der Waals surface area contributed by atoms with Crippen LogP contribution in [0.4, 0.5) is 0 Å². The third-order valence-corrected chi connectivity index (χ3v) is 6.74. The molecule has 3 aliphatic rings. The average molecular weight is 420 g/mol. The highest BCUT2D eigenvalue weighted by Crippen LogP contribution is 2.44. The molecule has 29 heavy (non-hydrogen) atoms. The molecule has 3 unspecified atom stereocenters. The molecular weight excluding hydrogens is 390 g/mol. The Bertz CT molecular complexity index is 735. The van der Waals surface area contributed by atoms with Crippen molar-refractivity contribution < 1.29 is 19.4 Å². The van der Waals surface area contributed by atoms with Gasteiger partial charge < -0.3 is 19.9 Å². The van der Waals surface area contributed by atoms with Crippen molar-refractivity contribution in [3.63, 3.8) is 0 Å². The predicted octanol–water partition coefficient (Wildman–Crippen LogP) is 4.15. The summed E-state index contributed by atoms with van der Waals surface area (Å²) < 4.78 is 11.8. The molecule has 0 spiro atoms. The monoisotopic (exact) mass is 419 g/mol. The van der Waals surface area contributed by atoms with Crippen LogP contribution in [-0.4, -0.2) is 36.6 Å². The Morgan fingerprint density at radius 1 is 1.17 bits per heavy atom. The molecule has 6 heteroatoms. The summed E-state index contributed by atoms with van der Waals surface area (Å²) in [4.78, 5) is 13.0. The molecule has 4 rings (SSSR count). The summed E-state index contributed by atoms with van der Waals surface area (Å²) in [5.74, 6) is 1.64. The molecule has 1 aromatic rings. The third-order valence-electron chi connectivity index (χ3n) is 6.49. The van der Waals surface area contributed by atoms with Crippen molar-refractivity contribution in [2.24, 2.45) is 11.8 Å². The second-order valence-corrected chi connectivity index (χ2v) is 8.96.